The molecule has 2 heteroatoms. The molecule has 0 N–H and O–H groups in total. The fraction of sp³-hybridized carbons (Fsp3) is 0.455. The summed E-state index contributed by atoms with van der Waals surface area (Å²) in [5.74, 6) is 1.71. The van der Waals surface area contributed by atoms with Crippen LogP contribution in [0.4, 0.5) is 0 Å². The van der Waals surface area contributed by atoms with Gasteiger partial charge in [0, 0.05) is 5.75 Å². The zero-order valence-corrected chi connectivity index (χ0v) is 9.10. The van der Waals surface area contributed by atoms with Gasteiger partial charge in [-0.25, -0.2) is 0 Å². The van der Waals surface area contributed by atoms with Crippen molar-refractivity contribution in [2.24, 2.45) is 0 Å². The number of hydrogen-bond donors (Lipinski definition) is 1. The molecule has 1 aromatic carbocycles. The van der Waals surface area contributed by atoms with Crippen LogP contribution in [0.1, 0.15) is 18.1 Å². The third kappa shape index (κ3) is 2.96. The molecule has 0 saturated carbocycles. The van der Waals surface area contributed by atoms with Crippen molar-refractivity contribution in [3.05, 3.63) is 29.3 Å². The maximum Gasteiger partial charge on any atom is 0.119 e. The Kier molecular flexibility index (Phi) is 4.16. The van der Waals surface area contributed by atoms with E-state index in [2.05, 4.69) is 38.6 Å². The van der Waals surface area contributed by atoms with E-state index in [-0.39, 0.29) is 0 Å². The number of benzene rings is 1. The molecule has 0 aromatic heterocycles. The topological polar surface area (TPSA) is 9.23 Å². The molecule has 0 spiro atoms. The van der Waals surface area contributed by atoms with Gasteiger partial charge < -0.3 is 4.74 Å². The number of hydrogen-bond acceptors (Lipinski definition) is 2. The van der Waals surface area contributed by atoms with Crippen LogP contribution in [0.15, 0.2) is 18.2 Å². The fourth-order valence-electron chi connectivity index (χ4n) is 1.28. The summed E-state index contributed by atoms with van der Waals surface area (Å²) in [4.78, 5) is 0. The maximum absolute atomic E-state index is 5.48. The van der Waals surface area contributed by atoms with E-state index in [1.54, 1.807) is 0 Å². The average Bonchev–Trinajstić information content (AvgIpc) is 2.16. The molecule has 0 heterocycles. The van der Waals surface area contributed by atoms with Crippen LogP contribution in [0.5, 0.6) is 5.75 Å². The smallest absolute Gasteiger partial charge is 0.119 e. The Labute approximate surface area is 85.5 Å². The van der Waals surface area contributed by atoms with Gasteiger partial charge in [-0.1, -0.05) is 13.0 Å². The zero-order chi connectivity index (χ0) is 9.68. The normalized spacial score (nSPS) is 10.1. The Bertz CT molecular complexity index is 271. The van der Waals surface area contributed by atoms with Gasteiger partial charge in [-0.3, -0.25) is 0 Å². The van der Waals surface area contributed by atoms with Crippen molar-refractivity contribution in [2.75, 3.05) is 12.4 Å². The molecule has 1 rings (SSSR count). The van der Waals surface area contributed by atoms with E-state index in [4.69, 9.17) is 4.74 Å². The summed E-state index contributed by atoms with van der Waals surface area (Å²) in [6.07, 6.45) is 1.06. The molecule has 13 heavy (non-hydrogen) atoms. The summed E-state index contributed by atoms with van der Waals surface area (Å²) in [7, 11) is 0. The van der Waals surface area contributed by atoms with Crippen LogP contribution in [0.3, 0.4) is 0 Å². The molecule has 0 aliphatic heterocycles. The lowest BCUT2D eigenvalue weighted by atomic mass is 10.1. The van der Waals surface area contributed by atoms with Crippen LogP contribution in [0.2, 0.25) is 0 Å². The van der Waals surface area contributed by atoms with Crippen molar-refractivity contribution < 1.29 is 4.74 Å². The largest absolute Gasteiger partial charge is 0.493 e. The van der Waals surface area contributed by atoms with Crippen molar-refractivity contribution in [2.45, 2.75) is 20.3 Å². The highest BCUT2D eigenvalue weighted by atomic mass is 32.1. The molecule has 0 bridgehead atoms. The molecule has 0 atom stereocenters. The van der Waals surface area contributed by atoms with Gasteiger partial charge in [-0.15, -0.1) is 0 Å². The Morgan fingerprint density at radius 1 is 1.38 bits per heavy atom. The van der Waals surface area contributed by atoms with Crippen molar-refractivity contribution in [1.29, 1.82) is 0 Å². The quantitative estimate of drug-likeness (QED) is 0.729. The molecule has 0 aliphatic carbocycles. The van der Waals surface area contributed by atoms with Gasteiger partial charge in [0.15, 0.2) is 0 Å². The molecular weight excluding hydrogens is 180 g/mol. The van der Waals surface area contributed by atoms with Gasteiger partial charge >= 0.3 is 0 Å². The van der Waals surface area contributed by atoms with Gasteiger partial charge in [0.1, 0.15) is 5.75 Å². The van der Waals surface area contributed by atoms with Crippen LogP contribution in [-0.4, -0.2) is 12.4 Å². The van der Waals surface area contributed by atoms with E-state index in [0.29, 0.717) is 6.61 Å². The highest BCUT2D eigenvalue weighted by Gasteiger charge is 1.98. The molecule has 1 aromatic rings. The SMILES string of the molecule is CCc1cc(OCCS)ccc1C. The minimum absolute atomic E-state index is 0.676. The van der Waals surface area contributed by atoms with Gasteiger partial charge in [-0.05, 0) is 36.6 Å². The summed E-state index contributed by atoms with van der Waals surface area (Å²) in [6, 6.07) is 6.23. The first-order valence-electron chi connectivity index (χ1n) is 4.61. The molecule has 72 valence electrons. The first kappa shape index (κ1) is 10.5. The number of rotatable bonds is 4. The van der Waals surface area contributed by atoms with E-state index < -0.39 is 0 Å². The standard InChI is InChI=1S/C11H16OS/c1-3-10-8-11(12-6-7-13)5-4-9(10)2/h4-5,8,13H,3,6-7H2,1-2H3. The highest BCUT2D eigenvalue weighted by Crippen LogP contribution is 2.17. The first-order valence-corrected chi connectivity index (χ1v) is 5.24. The van der Waals surface area contributed by atoms with E-state index in [0.717, 1.165) is 17.9 Å². The Hall–Kier alpha value is -0.630. The van der Waals surface area contributed by atoms with E-state index in [1.807, 2.05) is 6.07 Å². The van der Waals surface area contributed by atoms with Crippen molar-refractivity contribution in [3.63, 3.8) is 0 Å². The predicted octanol–water partition coefficient (Wildman–Crippen LogP) is 2.87. The van der Waals surface area contributed by atoms with E-state index >= 15 is 0 Å². The Morgan fingerprint density at radius 2 is 2.15 bits per heavy atom. The molecule has 0 amide bonds. The summed E-state index contributed by atoms with van der Waals surface area (Å²) < 4.78 is 5.48. The lowest BCUT2D eigenvalue weighted by Gasteiger charge is -2.07. The fourth-order valence-corrected chi connectivity index (χ4v) is 1.37. The first-order chi connectivity index (χ1) is 6.27. The van der Waals surface area contributed by atoms with Crippen molar-refractivity contribution in [3.8, 4) is 5.75 Å². The molecular formula is C11H16OS. The Morgan fingerprint density at radius 3 is 2.77 bits per heavy atom. The molecule has 0 unspecified atom stereocenters. The minimum atomic E-state index is 0.676. The molecule has 1 nitrogen and oxygen atoms in total. The van der Waals surface area contributed by atoms with Crippen molar-refractivity contribution >= 4 is 12.6 Å². The molecule has 0 radical (unpaired) electrons. The zero-order valence-electron chi connectivity index (χ0n) is 8.21. The predicted molar refractivity (Wildman–Crippen MR) is 59.9 cm³/mol. The summed E-state index contributed by atoms with van der Waals surface area (Å²) in [5.41, 5.74) is 2.69. The van der Waals surface area contributed by atoms with Crippen LogP contribution >= 0.6 is 12.6 Å². The summed E-state index contributed by atoms with van der Waals surface area (Å²) in [5, 5.41) is 0. The van der Waals surface area contributed by atoms with Crippen LogP contribution in [0.25, 0.3) is 0 Å². The molecule has 0 fully saturated rings. The average molecular weight is 196 g/mol. The van der Waals surface area contributed by atoms with Crippen molar-refractivity contribution in [1.82, 2.24) is 0 Å². The second-order valence-electron chi connectivity index (χ2n) is 3.01. The van der Waals surface area contributed by atoms with Crippen LogP contribution in [-0.2, 0) is 6.42 Å². The van der Waals surface area contributed by atoms with Gasteiger partial charge in [0.2, 0.25) is 0 Å². The number of aryl methyl sites for hydroxylation is 2. The van der Waals surface area contributed by atoms with Gasteiger partial charge in [0.25, 0.3) is 0 Å². The second kappa shape index (κ2) is 5.18. The highest BCUT2D eigenvalue weighted by molar-refractivity contribution is 7.80. The summed E-state index contributed by atoms with van der Waals surface area (Å²) in [6.45, 7) is 4.96. The van der Waals surface area contributed by atoms with Gasteiger partial charge in [0.05, 0.1) is 6.61 Å². The number of ether oxygens (including phenoxy) is 1. The minimum Gasteiger partial charge on any atom is -0.493 e. The lowest BCUT2D eigenvalue weighted by molar-refractivity contribution is 0.344. The number of thiol groups is 1. The van der Waals surface area contributed by atoms with E-state index in [9.17, 15) is 0 Å². The molecule has 0 saturated heterocycles. The van der Waals surface area contributed by atoms with E-state index in [1.165, 1.54) is 11.1 Å². The lowest BCUT2D eigenvalue weighted by Crippen LogP contribution is -1.99. The second-order valence-corrected chi connectivity index (χ2v) is 3.46. The monoisotopic (exact) mass is 196 g/mol. The van der Waals surface area contributed by atoms with Crippen LogP contribution in [0, 0.1) is 6.92 Å². The molecule has 0 aliphatic rings. The van der Waals surface area contributed by atoms with Crippen LogP contribution < -0.4 is 4.74 Å². The summed E-state index contributed by atoms with van der Waals surface area (Å²) >= 11 is 4.09. The third-order valence-electron chi connectivity index (χ3n) is 2.06. The Balaban J connectivity index is 2.74. The maximum atomic E-state index is 5.48. The van der Waals surface area contributed by atoms with Gasteiger partial charge in [-0.2, -0.15) is 12.6 Å². The third-order valence-corrected chi connectivity index (χ3v) is 2.24.